The van der Waals surface area contributed by atoms with Gasteiger partial charge in [-0.25, -0.2) is 5.01 Å². The van der Waals surface area contributed by atoms with Crippen molar-refractivity contribution in [2.24, 2.45) is 5.10 Å². The molecule has 6 heteroatoms. The number of ether oxygens (including phenoxy) is 3. The average molecular weight is 479 g/mol. The lowest BCUT2D eigenvalue weighted by Crippen LogP contribution is -2.34. The monoisotopic (exact) mass is 478 g/mol. The van der Waals surface area contributed by atoms with Crippen molar-refractivity contribution in [1.29, 1.82) is 0 Å². The summed E-state index contributed by atoms with van der Waals surface area (Å²) in [7, 11) is 3.29. The van der Waals surface area contributed by atoms with E-state index in [-0.39, 0.29) is 6.04 Å². The molecule has 0 saturated carbocycles. The van der Waals surface area contributed by atoms with E-state index in [1.54, 1.807) is 14.2 Å². The van der Waals surface area contributed by atoms with Crippen molar-refractivity contribution in [2.45, 2.75) is 25.6 Å². The molecule has 2 atom stereocenters. The second kappa shape index (κ2) is 7.93. The molecule has 0 spiro atoms. The number of methoxy groups -OCH3 is 2. The molecule has 5 rings (SSSR count). The van der Waals surface area contributed by atoms with Gasteiger partial charge in [0.25, 0.3) is 0 Å². The lowest BCUT2D eigenvalue weighted by Gasteiger charge is -2.38. The fraction of sp³-hybridized carbons (Fsp3) is 0.240. The van der Waals surface area contributed by atoms with Crippen LogP contribution in [0.1, 0.15) is 40.9 Å². The van der Waals surface area contributed by atoms with Crippen molar-refractivity contribution in [3.05, 3.63) is 87.4 Å². The molecule has 0 aromatic heterocycles. The van der Waals surface area contributed by atoms with Gasteiger partial charge >= 0.3 is 0 Å². The Hall–Kier alpha value is -2.99. The minimum absolute atomic E-state index is 0.0680. The topological polar surface area (TPSA) is 43.3 Å². The summed E-state index contributed by atoms with van der Waals surface area (Å²) in [6.07, 6.45) is 0.380. The van der Waals surface area contributed by atoms with Crippen LogP contribution in [0.3, 0.4) is 0 Å². The molecule has 0 amide bonds. The van der Waals surface area contributed by atoms with Gasteiger partial charge in [-0.05, 0) is 42.8 Å². The van der Waals surface area contributed by atoms with Gasteiger partial charge in [0.1, 0.15) is 5.75 Å². The predicted octanol–water partition coefficient (Wildman–Crippen LogP) is 6.02. The van der Waals surface area contributed by atoms with Gasteiger partial charge in [-0.1, -0.05) is 51.8 Å². The van der Waals surface area contributed by atoms with Crippen LogP contribution < -0.4 is 14.2 Å². The van der Waals surface area contributed by atoms with Gasteiger partial charge in [-0.2, -0.15) is 5.10 Å². The second-order valence-corrected chi connectivity index (χ2v) is 8.66. The fourth-order valence-corrected chi connectivity index (χ4v) is 4.67. The smallest absolute Gasteiger partial charge is 0.217 e. The van der Waals surface area contributed by atoms with Gasteiger partial charge in [0, 0.05) is 16.5 Å². The van der Waals surface area contributed by atoms with Crippen molar-refractivity contribution < 1.29 is 14.2 Å². The highest BCUT2D eigenvalue weighted by Crippen LogP contribution is 2.50. The zero-order valence-electron chi connectivity index (χ0n) is 17.6. The molecule has 3 aromatic rings. The summed E-state index contributed by atoms with van der Waals surface area (Å²) in [6.45, 7) is 2.09. The molecule has 2 aliphatic rings. The van der Waals surface area contributed by atoms with Crippen molar-refractivity contribution in [3.8, 4) is 17.2 Å². The van der Waals surface area contributed by atoms with Crippen molar-refractivity contribution >= 4 is 21.6 Å². The summed E-state index contributed by atoms with van der Waals surface area (Å²) < 4.78 is 18.8. The predicted molar refractivity (Wildman–Crippen MR) is 124 cm³/mol. The molecule has 0 radical (unpaired) electrons. The first-order valence-electron chi connectivity index (χ1n) is 10.2. The number of aryl methyl sites for hydroxylation is 1. The van der Waals surface area contributed by atoms with E-state index in [2.05, 4.69) is 58.2 Å². The summed E-state index contributed by atoms with van der Waals surface area (Å²) >= 11 is 3.61. The maximum Gasteiger partial charge on any atom is 0.217 e. The van der Waals surface area contributed by atoms with Gasteiger partial charge in [0.15, 0.2) is 11.5 Å². The molecule has 31 heavy (non-hydrogen) atoms. The standard InChI is InChI=1S/C25H23BrN2O3/c1-15-7-9-16(10-8-15)20-14-21-19-13-17(26)11-12-22(19)31-25(28(21)27-20)18-5-4-6-23(29-2)24(18)30-3/h4-13,21,25H,14H2,1-3H3/t21-,25-/m1/s1. The number of nitrogens with zero attached hydrogens (tertiary/aromatic N) is 2. The summed E-state index contributed by atoms with van der Waals surface area (Å²) in [4.78, 5) is 0. The molecule has 0 saturated heterocycles. The van der Waals surface area contributed by atoms with E-state index in [0.29, 0.717) is 11.5 Å². The average Bonchev–Trinajstić information content (AvgIpc) is 3.24. The first-order chi connectivity index (χ1) is 15.1. The lowest BCUT2D eigenvalue weighted by molar-refractivity contribution is -0.0205. The normalized spacial score (nSPS) is 19.2. The van der Waals surface area contributed by atoms with Gasteiger partial charge < -0.3 is 14.2 Å². The molecule has 0 fully saturated rings. The Morgan fingerprint density at radius 3 is 2.55 bits per heavy atom. The molecule has 0 bridgehead atoms. The number of para-hydroxylation sites is 1. The van der Waals surface area contributed by atoms with Crippen molar-refractivity contribution in [3.63, 3.8) is 0 Å². The zero-order valence-corrected chi connectivity index (χ0v) is 19.2. The van der Waals surface area contributed by atoms with E-state index in [0.717, 1.165) is 39.0 Å². The van der Waals surface area contributed by atoms with Crippen molar-refractivity contribution in [1.82, 2.24) is 5.01 Å². The van der Waals surface area contributed by atoms with E-state index >= 15 is 0 Å². The van der Waals surface area contributed by atoms with Gasteiger partial charge in [0.2, 0.25) is 6.23 Å². The molecule has 0 N–H and O–H groups in total. The molecular weight excluding hydrogens is 456 g/mol. The van der Waals surface area contributed by atoms with E-state index in [9.17, 15) is 0 Å². The summed E-state index contributed by atoms with van der Waals surface area (Å²) in [6, 6.07) is 20.6. The van der Waals surface area contributed by atoms with Crippen LogP contribution in [0.5, 0.6) is 17.2 Å². The molecule has 0 unspecified atom stereocenters. The molecule has 2 aliphatic heterocycles. The number of hydrogen-bond acceptors (Lipinski definition) is 5. The Morgan fingerprint density at radius 1 is 1.00 bits per heavy atom. The quantitative estimate of drug-likeness (QED) is 0.459. The molecule has 3 aromatic carbocycles. The van der Waals surface area contributed by atoms with E-state index in [1.165, 1.54) is 5.56 Å². The maximum atomic E-state index is 6.49. The molecule has 0 aliphatic carbocycles. The SMILES string of the molecule is COc1cccc([C@H]2Oc3ccc(Br)cc3[C@H]3CC(c4ccc(C)cc4)=NN32)c1OC. The van der Waals surface area contributed by atoms with Crippen LogP contribution in [0, 0.1) is 6.92 Å². The highest BCUT2D eigenvalue weighted by Gasteiger charge is 2.42. The van der Waals surface area contributed by atoms with Crippen LogP contribution in [0.4, 0.5) is 0 Å². The Morgan fingerprint density at radius 2 is 1.81 bits per heavy atom. The molecular formula is C25H23BrN2O3. The summed E-state index contributed by atoms with van der Waals surface area (Å²) in [5.41, 5.74) is 5.42. The molecule has 5 nitrogen and oxygen atoms in total. The van der Waals surface area contributed by atoms with Gasteiger partial charge in [0.05, 0.1) is 31.5 Å². The number of benzene rings is 3. The zero-order chi connectivity index (χ0) is 21.5. The number of fused-ring (bicyclic) bond motifs is 3. The third-order valence-electron chi connectivity index (χ3n) is 5.84. The van der Waals surface area contributed by atoms with E-state index in [4.69, 9.17) is 19.3 Å². The van der Waals surface area contributed by atoms with Crippen LogP contribution in [-0.2, 0) is 0 Å². The minimum Gasteiger partial charge on any atom is -0.493 e. The summed E-state index contributed by atoms with van der Waals surface area (Å²) in [5.74, 6) is 2.19. The van der Waals surface area contributed by atoms with E-state index < -0.39 is 6.23 Å². The Balaban J connectivity index is 1.64. The minimum atomic E-state index is -0.424. The third kappa shape index (κ3) is 3.45. The Kier molecular flexibility index (Phi) is 5.10. The Bertz CT molecular complexity index is 1160. The highest BCUT2D eigenvalue weighted by molar-refractivity contribution is 9.10. The molecule has 2 heterocycles. The van der Waals surface area contributed by atoms with Gasteiger partial charge in [-0.15, -0.1) is 0 Å². The number of rotatable bonds is 4. The Labute approximate surface area is 190 Å². The largest absolute Gasteiger partial charge is 0.493 e. The van der Waals surface area contributed by atoms with E-state index in [1.807, 2.05) is 30.3 Å². The van der Waals surface area contributed by atoms with Crippen LogP contribution in [0.15, 0.2) is 70.2 Å². The highest BCUT2D eigenvalue weighted by atomic mass is 79.9. The van der Waals surface area contributed by atoms with Crippen LogP contribution >= 0.6 is 15.9 Å². The summed E-state index contributed by atoms with van der Waals surface area (Å²) in [5, 5.41) is 7.10. The molecule has 158 valence electrons. The first-order valence-corrected chi connectivity index (χ1v) is 11.0. The van der Waals surface area contributed by atoms with Crippen LogP contribution in [0.2, 0.25) is 0 Å². The number of hydrogen-bond donors (Lipinski definition) is 0. The third-order valence-corrected chi connectivity index (χ3v) is 6.33. The number of halogens is 1. The van der Waals surface area contributed by atoms with Gasteiger partial charge in [-0.3, -0.25) is 0 Å². The number of hydrazone groups is 1. The first kappa shape index (κ1) is 19.9. The second-order valence-electron chi connectivity index (χ2n) is 7.75. The van der Waals surface area contributed by atoms with Crippen molar-refractivity contribution in [2.75, 3.05) is 14.2 Å². The van der Waals surface area contributed by atoms with Crippen LogP contribution in [-0.4, -0.2) is 24.9 Å². The fourth-order valence-electron chi connectivity index (χ4n) is 4.29. The maximum absolute atomic E-state index is 6.49. The van der Waals surface area contributed by atoms with Crippen LogP contribution in [0.25, 0.3) is 0 Å². The lowest BCUT2D eigenvalue weighted by atomic mass is 9.95.